The van der Waals surface area contributed by atoms with Crippen LogP contribution in [0.2, 0.25) is 0 Å². The molecule has 0 aromatic heterocycles. The highest BCUT2D eigenvalue weighted by atomic mass is 16.4. The Kier molecular flexibility index (Phi) is 5.59. The highest BCUT2D eigenvalue weighted by Gasteiger charge is 2.32. The van der Waals surface area contributed by atoms with Gasteiger partial charge in [-0.2, -0.15) is 0 Å². The van der Waals surface area contributed by atoms with Crippen molar-refractivity contribution in [2.24, 2.45) is 11.7 Å². The van der Waals surface area contributed by atoms with Crippen LogP contribution in [0, 0.1) is 5.92 Å². The molecule has 0 aliphatic heterocycles. The molecule has 0 bridgehead atoms. The summed E-state index contributed by atoms with van der Waals surface area (Å²) in [5.74, 6) is -1.10. The highest BCUT2D eigenvalue weighted by Crippen LogP contribution is 2.24. The summed E-state index contributed by atoms with van der Waals surface area (Å²) < 4.78 is 0. The first-order valence-electron chi connectivity index (χ1n) is 6.75. The van der Waals surface area contributed by atoms with E-state index in [1.54, 1.807) is 0 Å². The molecule has 0 radical (unpaired) electrons. The van der Waals surface area contributed by atoms with Crippen LogP contribution in [-0.4, -0.2) is 40.5 Å². The molecule has 1 fully saturated rings. The number of hydrogen-bond donors (Lipinski definition) is 2. The lowest BCUT2D eigenvalue weighted by Gasteiger charge is -2.31. The van der Waals surface area contributed by atoms with E-state index < -0.39 is 12.0 Å². The Bertz CT molecular complexity index is 301. The molecule has 104 valence electrons. The summed E-state index contributed by atoms with van der Waals surface area (Å²) in [6.45, 7) is 3.68. The molecule has 5 heteroatoms. The molecule has 18 heavy (non-hydrogen) atoms. The van der Waals surface area contributed by atoms with Crippen molar-refractivity contribution in [2.45, 2.75) is 58.0 Å². The van der Waals surface area contributed by atoms with Crippen LogP contribution in [-0.2, 0) is 9.59 Å². The number of nitrogens with zero attached hydrogens (tertiary/aromatic N) is 1. The normalized spacial score (nSPS) is 19.5. The summed E-state index contributed by atoms with van der Waals surface area (Å²) in [6.07, 6.45) is 4.73. The van der Waals surface area contributed by atoms with Crippen LogP contribution in [0.4, 0.5) is 0 Å². The number of aliphatic carboxylic acids is 1. The minimum Gasteiger partial charge on any atom is -0.480 e. The highest BCUT2D eigenvalue weighted by molar-refractivity contribution is 5.85. The first kappa shape index (κ1) is 15.0. The molecule has 0 aromatic rings. The fraction of sp³-hybridized carbons (Fsp3) is 0.846. The largest absolute Gasteiger partial charge is 0.480 e. The number of rotatable bonds is 6. The summed E-state index contributed by atoms with van der Waals surface area (Å²) in [5, 5.41) is 8.94. The number of nitrogens with two attached hydrogens (primary N) is 1. The molecule has 0 heterocycles. The van der Waals surface area contributed by atoms with Gasteiger partial charge in [0.05, 0.1) is 6.04 Å². The lowest BCUT2D eigenvalue weighted by Crippen LogP contribution is -2.52. The van der Waals surface area contributed by atoms with E-state index >= 15 is 0 Å². The van der Waals surface area contributed by atoms with Crippen molar-refractivity contribution in [2.75, 3.05) is 6.54 Å². The molecule has 0 aromatic carbocycles. The third-order valence-electron chi connectivity index (χ3n) is 3.90. The molecular formula is C13H24N2O3. The molecule has 1 saturated carbocycles. The molecule has 1 amide bonds. The smallest absolute Gasteiger partial charge is 0.323 e. The summed E-state index contributed by atoms with van der Waals surface area (Å²) in [4.78, 5) is 24.7. The summed E-state index contributed by atoms with van der Waals surface area (Å²) in [7, 11) is 0. The predicted molar refractivity (Wildman–Crippen MR) is 69.0 cm³/mol. The van der Waals surface area contributed by atoms with Crippen LogP contribution in [0.5, 0.6) is 0 Å². The number of carbonyl (C=O) groups is 2. The Morgan fingerprint density at radius 2 is 1.94 bits per heavy atom. The Hall–Kier alpha value is -1.10. The van der Waals surface area contributed by atoms with Gasteiger partial charge in [-0.3, -0.25) is 9.59 Å². The van der Waals surface area contributed by atoms with Crippen molar-refractivity contribution < 1.29 is 14.7 Å². The molecule has 5 nitrogen and oxygen atoms in total. The number of amides is 1. The number of carboxylic acids is 1. The Balaban J connectivity index is 2.74. The van der Waals surface area contributed by atoms with Crippen molar-refractivity contribution in [3.63, 3.8) is 0 Å². The maximum atomic E-state index is 12.3. The summed E-state index contributed by atoms with van der Waals surface area (Å²) in [6, 6.07) is -0.529. The van der Waals surface area contributed by atoms with E-state index in [1.165, 1.54) is 4.90 Å². The quantitative estimate of drug-likeness (QED) is 0.748. The van der Waals surface area contributed by atoms with Gasteiger partial charge in [0, 0.05) is 6.04 Å². The maximum Gasteiger partial charge on any atom is 0.323 e. The van der Waals surface area contributed by atoms with Crippen LogP contribution in [0.15, 0.2) is 0 Å². The molecule has 1 rings (SSSR count). The van der Waals surface area contributed by atoms with Gasteiger partial charge in [-0.15, -0.1) is 0 Å². The molecular weight excluding hydrogens is 232 g/mol. The second-order valence-corrected chi connectivity index (χ2v) is 5.21. The van der Waals surface area contributed by atoms with Gasteiger partial charge in [0.25, 0.3) is 0 Å². The minimum atomic E-state index is -0.966. The standard InChI is InChI=1S/C13H24N2O3/c1-3-9(2)12(14)13(18)15(8-11(16)17)10-6-4-5-7-10/h9-10,12H,3-8,14H2,1-2H3,(H,16,17)/t9?,12-/m0/s1. The Morgan fingerprint density at radius 3 is 2.39 bits per heavy atom. The first-order valence-corrected chi connectivity index (χ1v) is 6.75. The van der Waals surface area contributed by atoms with Gasteiger partial charge in [-0.05, 0) is 18.8 Å². The van der Waals surface area contributed by atoms with Crippen LogP contribution in [0.3, 0.4) is 0 Å². The molecule has 2 atom stereocenters. The van der Waals surface area contributed by atoms with E-state index in [-0.39, 0.29) is 24.4 Å². The van der Waals surface area contributed by atoms with E-state index in [0.717, 1.165) is 32.1 Å². The summed E-state index contributed by atoms with van der Waals surface area (Å²) >= 11 is 0. The fourth-order valence-corrected chi connectivity index (χ4v) is 2.44. The van der Waals surface area contributed by atoms with Gasteiger partial charge >= 0.3 is 5.97 Å². The van der Waals surface area contributed by atoms with E-state index in [4.69, 9.17) is 10.8 Å². The van der Waals surface area contributed by atoms with Gasteiger partial charge in [0.2, 0.25) is 5.91 Å². The van der Waals surface area contributed by atoms with Gasteiger partial charge in [0.1, 0.15) is 6.54 Å². The van der Waals surface area contributed by atoms with Crippen molar-refractivity contribution in [3.05, 3.63) is 0 Å². The van der Waals surface area contributed by atoms with Crippen molar-refractivity contribution in [1.82, 2.24) is 4.90 Å². The second-order valence-electron chi connectivity index (χ2n) is 5.21. The van der Waals surface area contributed by atoms with Gasteiger partial charge in [-0.1, -0.05) is 33.1 Å². The second kappa shape index (κ2) is 6.73. The minimum absolute atomic E-state index is 0.0590. The van der Waals surface area contributed by atoms with Gasteiger partial charge in [-0.25, -0.2) is 0 Å². The van der Waals surface area contributed by atoms with Crippen molar-refractivity contribution in [3.8, 4) is 0 Å². The number of hydrogen-bond acceptors (Lipinski definition) is 3. The van der Waals surface area contributed by atoms with Crippen LogP contribution < -0.4 is 5.73 Å². The van der Waals surface area contributed by atoms with E-state index in [0.29, 0.717) is 0 Å². The monoisotopic (exact) mass is 256 g/mol. The molecule has 1 unspecified atom stereocenters. The van der Waals surface area contributed by atoms with Crippen LogP contribution in [0.1, 0.15) is 46.0 Å². The third-order valence-corrected chi connectivity index (χ3v) is 3.90. The Morgan fingerprint density at radius 1 is 1.39 bits per heavy atom. The summed E-state index contributed by atoms with van der Waals surface area (Å²) in [5.41, 5.74) is 5.93. The SMILES string of the molecule is CCC(C)[C@H](N)C(=O)N(CC(=O)O)C1CCCC1. The average molecular weight is 256 g/mol. The zero-order valence-corrected chi connectivity index (χ0v) is 11.3. The molecule has 1 aliphatic rings. The van der Waals surface area contributed by atoms with Gasteiger partial charge < -0.3 is 15.7 Å². The van der Waals surface area contributed by atoms with Gasteiger partial charge in [0.15, 0.2) is 0 Å². The average Bonchev–Trinajstić information content (AvgIpc) is 2.86. The van der Waals surface area contributed by atoms with E-state index in [1.807, 2.05) is 13.8 Å². The zero-order valence-electron chi connectivity index (χ0n) is 11.3. The number of carbonyl (C=O) groups excluding carboxylic acids is 1. The first-order chi connectivity index (χ1) is 8.47. The topological polar surface area (TPSA) is 83.6 Å². The molecule has 3 N–H and O–H groups in total. The van der Waals surface area contributed by atoms with E-state index in [2.05, 4.69) is 0 Å². The third kappa shape index (κ3) is 3.70. The van der Waals surface area contributed by atoms with Crippen molar-refractivity contribution >= 4 is 11.9 Å². The van der Waals surface area contributed by atoms with Crippen LogP contribution in [0.25, 0.3) is 0 Å². The molecule has 0 spiro atoms. The Labute approximate surface area is 108 Å². The number of carboxylic acid groups (broad SMARTS) is 1. The molecule has 0 saturated heterocycles. The zero-order chi connectivity index (χ0) is 13.7. The van der Waals surface area contributed by atoms with E-state index in [9.17, 15) is 9.59 Å². The predicted octanol–water partition coefficient (Wildman–Crippen LogP) is 1.22. The lowest BCUT2D eigenvalue weighted by atomic mass is 9.98. The fourth-order valence-electron chi connectivity index (χ4n) is 2.44. The maximum absolute atomic E-state index is 12.3. The molecule has 1 aliphatic carbocycles. The van der Waals surface area contributed by atoms with Crippen LogP contribution >= 0.6 is 0 Å². The lowest BCUT2D eigenvalue weighted by molar-refractivity contribution is -0.147. The van der Waals surface area contributed by atoms with Crippen molar-refractivity contribution in [1.29, 1.82) is 0 Å².